The van der Waals surface area contributed by atoms with Crippen LogP contribution in [-0.4, -0.2) is 15.0 Å². The molecule has 0 N–H and O–H groups in total. The number of fused-ring (bicyclic) bond motifs is 7. The van der Waals surface area contributed by atoms with Crippen molar-refractivity contribution in [3.63, 3.8) is 0 Å². The van der Waals surface area contributed by atoms with E-state index in [2.05, 4.69) is 153 Å². The van der Waals surface area contributed by atoms with Gasteiger partial charge in [0, 0.05) is 32.9 Å². The Kier molecular flexibility index (Phi) is 6.19. The highest BCUT2D eigenvalue weighted by molar-refractivity contribution is 6.13. The summed E-state index contributed by atoms with van der Waals surface area (Å²) in [5.74, 6) is 1.89. The molecule has 0 spiro atoms. The second-order valence-corrected chi connectivity index (χ2v) is 13.6. The van der Waals surface area contributed by atoms with Crippen molar-refractivity contribution in [3.05, 3.63) is 163 Å². The van der Waals surface area contributed by atoms with Crippen LogP contribution in [0.15, 0.2) is 156 Å². The van der Waals surface area contributed by atoms with Gasteiger partial charge >= 0.3 is 0 Å². The second kappa shape index (κ2) is 10.8. The molecule has 0 saturated heterocycles. The van der Waals surface area contributed by atoms with E-state index < -0.39 is 0 Å². The van der Waals surface area contributed by atoms with Crippen LogP contribution in [0.25, 0.3) is 89.1 Å². The first-order valence-electron chi connectivity index (χ1n) is 17.0. The lowest BCUT2D eigenvalue weighted by molar-refractivity contribution is 0.660. The maximum Gasteiger partial charge on any atom is 0.164 e. The molecule has 236 valence electrons. The van der Waals surface area contributed by atoms with Crippen LogP contribution in [0, 0.1) is 0 Å². The van der Waals surface area contributed by atoms with Gasteiger partial charge < -0.3 is 4.42 Å². The molecule has 1 aliphatic carbocycles. The molecule has 0 atom stereocenters. The number of benzene rings is 7. The molecule has 1 aliphatic rings. The normalized spacial score (nSPS) is 13.2. The van der Waals surface area contributed by atoms with Gasteiger partial charge in [0.05, 0.1) is 0 Å². The van der Waals surface area contributed by atoms with Crippen molar-refractivity contribution in [1.29, 1.82) is 0 Å². The standard InChI is InChI=1S/C46H31N3O/c1-46(2)37-19-9-8-16-34(37)41-36(18-10-20-38(41)46)45-48-43(31-23-22-28-12-6-7-15-30(28)26-31)47-44(49-45)32-24-25-35-40(27-32)50-39-21-11-17-33(42(35)39)29-13-4-3-5-14-29/h3-27H,1-2H3. The van der Waals surface area contributed by atoms with E-state index in [0.29, 0.717) is 17.5 Å². The third-order valence-electron chi connectivity index (χ3n) is 10.3. The topological polar surface area (TPSA) is 51.8 Å². The Morgan fingerprint density at radius 2 is 1.08 bits per heavy atom. The highest BCUT2D eigenvalue weighted by atomic mass is 16.3. The molecule has 2 heterocycles. The molecule has 4 heteroatoms. The zero-order valence-corrected chi connectivity index (χ0v) is 27.7. The van der Waals surface area contributed by atoms with Crippen LogP contribution in [0.5, 0.6) is 0 Å². The van der Waals surface area contributed by atoms with Crippen LogP contribution < -0.4 is 0 Å². The van der Waals surface area contributed by atoms with Gasteiger partial charge in [-0.25, -0.2) is 15.0 Å². The number of rotatable bonds is 4. The lowest BCUT2D eigenvalue weighted by atomic mass is 9.82. The van der Waals surface area contributed by atoms with Crippen LogP contribution in [0.1, 0.15) is 25.0 Å². The first-order chi connectivity index (χ1) is 24.5. The van der Waals surface area contributed by atoms with E-state index >= 15 is 0 Å². The fourth-order valence-corrected chi connectivity index (χ4v) is 7.85. The quantitative estimate of drug-likeness (QED) is 0.192. The van der Waals surface area contributed by atoms with Gasteiger partial charge in [-0.1, -0.05) is 141 Å². The van der Waals surface area contributed by atoms with Crippen molar-refractivity contribution in [2.45, 2.75) is 19.3 Å². The van der Waals surface area contributed by atoms with Crippen molar-refractivity contribution in [1.82, 2.24) is 15.0 Å². The number of nitrogens with zero attached hydrogens (tertiary/aromatic N) is 3. The zero-order valence-electron chi connectivity index (χ0n) is 27.7. The summed E-state index contributed by atoms with van der Waals surface area (Å²) in [7, 11) is 0. The van der Waals surface area contributed by atoms with E-state index in [1.54, 1.807) is 0 Å². The van der Waals surface area contributed by atoms with E-state index in [1.165, 1.54) is 27.6 Å². The second-order valence-electron chi connectivity index (χ2n) is 13.6. The zero-order chi connectivity index (χ0) is 33.4. The van der Waals surface area contributed by atoms with Crippen LogP contribution in [0.4, 0.5) is 0 Å². The number of furan rings is 1. The maximum absolute atomic E-state index is 6.51. The summed E-state index contributed by atoms with van der Waals surface area (Å²) in [6.07, 6.45) is 0. The smallest absolute Gasteiger partial charge is 0.164 e. The van der Waals surface area contributed by atoms with E-state index in [0.717, 1.165) is 55.1 Å². The minimum absolute atomic E-state index is 0.135. The van der Waals surface area contributed by atoms with Crippen LogP contribution in [-0.2, 0) is 5.41 Å². The molecule has 7 aromatic carbocycles. The monoisotopic (exact) mass is 641 g/mol. The molecule has 0 aliphatic heterocycles. The molecule has 10 rings (SSSR count). The largest absolute Gasteiger partial charge is 0.456 e. The molecule has 0 radical (unpaired) electrons. The predicted octanol–water partition coefficient (Wildman–Crippen LogP) is 11.9. The molecule has 0 unspecified atom stereocenters. The van der Waals surface area contributed by atoms with E-state index in [4.69, 9.17) is 19.4 Å². The van der Waals surface area contributed by atoms with Crippen molar-refractivity contribution in [2.24, 2.45) is 0 Å². The number of hydrogen-bond donors (Lipinski definition) is 0. The van der Waals surface area contributed by atoms with Crippen LogP contribution >= 0.6 is 0 Å². The molecule has 50 heavy (non-hydrogen) atoms. The third kappa shape index (κ3) is 4.35. The maximum atomic E-state index is 6.51. The summed E-state index contributed by atoms with van der Waals surface area (Å²) in [6, 6.07) is 53.0. The SMILES string of the molecule is CC1(C)c2ccccc2-c2c(-c3nc(-c4ccc5ccccc5c4)nc(-c4ccc5c(c4)oc4cccc(-c6ccccc6)c45)n3)cccc21. The first-order valence-corrected chi connectivity index (χ1v) is 17.0. The minimum atomic E-state index is -0.135. The van der Waals surface area contributed by atoms with Gasteiger partial charge in [-0.2, -0.15) is 0 Å². The first kappa shape index (κ1) is 28.6. The molecule has 2 aromatic heterocycles. The van der Waals surface area contributed by atoms with Gasteiger partial charge in [0.15, 0.2) is 17.5 Å². The Morgan fingerprint density at radius 3 is 1.94 bits per heavy atom. The number of hydrogen-bond acceptors (Lipinski definition) is 4. The molecule has 0 amide bonds. The van der Waals surface area contributed by atoms with Crippen molar-refractivity contribution >= 4 is 32.7 Å². The van der Waals surface area contributed by atoms with Crippen molar-refractivity contribution in [2.75, 3.05) is 0 Å². The Bertz CT molecular complexity index is 2790. The molecular weight excluding hydrogens is 611 g/mol. The van der Waals surface area contributed by atoms with E-state index in [9.17, 15) is 0 Å². The Labute approximate surface area is 289 Å². The molecule has 4 nitrogen and oxygen atoms in total. The molecule has 0 bridgehead atoms. The van der Waals surface area contributed by atoms with Gasteiger partial charge in [0.25, 0.3) is 0 Å². The van der Waals surface area contributed by atoms with Gasteiger partial charge in [0.1, 0.15) is 11.2 Å². The molecule has 0 fully saturated rings. The van der Waals surface area contributed by atoms with Crippen LogP contribution in [0.2, 0.25) is 0 Å². The highest BCUT2D eigenvalue weighted by Crippen LogP contribution is 2.51. The lowest BCUT2D eigenvalue weighted by Gasteiger charge is -2.21. The minimum Gasteiger partial charge on any atom is -0.456 e. The highest BCUT2D eigenvalue weighted by Gasteiger charge is 2.37. The fourth-order valence-electron chi connectivity index (χ4n) is 7.85. The Balaban J connectivity index is 1.20. The Hall–Kier alpha value is -6.39. The predicted molar refractivity (Wildman–Crippen MR) is 204 cm³/mol. The summed E-state index contributed by atoms with van der Waals surface area (Å²) < 4.78 is 6.51. The van der Waals surface area contributed by atoms with Crippen LogP contribution in [0.3, 0.4) is 0 Å². The molecule has 0 saturated carbocycles. The lowest BCUT2D eigenvalue weighted by Crippen LogP contribution is -2.14. The average molecular weight is 642 g/mol. The van der Waals surface area contributed by atoms with E-state index in [1.807, 2.05) is 12.1 Å². The summed E-state index contributed by atoms with van der Waals surface area (Å²) >= 11 is 0. The third-order valence-corrected chi connectivity index (χ3v) is 10.3. The number of aromatic nitrogens is 3. The fraction of sp³-hybridized carbons (Fsp3) is 0.0652. The van der Waals surface area contributed by atoms with Gasteiger partial charge in [-0.3, -0.25) is 0 Å². The average Bonchev–Trinajstić information content (AvgIpc) is 3.66. The molecule has 9 aromatic rings. The summed E-state index contributed by atoms with van der Waals surface area (Å²) in [5, 5.41) is 4.49. The summed E-state index contributed by atoms with van der Waals surface area (Å²) in [5.41, 5.74) is 11.7. The van der Waals surface area contributed by atoms with Crippen molar-refractivity contribution < 1.29 is 4.42 Å². The Morgan fingerprint density at radius 1 is 0.440 bits per heavy atom. The van der Waals surface area contributed by atoms with Gasteiger partial charge in [-0.05, 0) is 68.4 Å². The van der Waals surface area contributed by atoms with Crippen molar-refractivity contribution in [3.8, 4) is 56.4 Å². The van der Waals surface area contributed by atoms with Gasteiger partial charge in [-0.15, -0.1) is 0 Å². The summed E-state index contributed by atoms with van der Waals surface area (Å²) in [4.78, 5) is 15.6. The molecular formula is C46H31N3O. The van der Waals surface area contributed by atoms with Gasteiger partial charge in [0.2, 0.25) is 0 Å². The summed E-state index contributed by atoms with van der Waals surface area (Å²) in [6.45, 7) is 4.60. The van der Waals surface area contributed by atoms with E-state index in [-0.39, 0.29) is 5.41 Å².